The molecule has 0 atom stereocenters. The molecule has 0 aliphatic heterocycles. The highest BCUT2D eigenvalue weighted by Crippen LogP contribution is 2.24. The molecular formula is C25H27NO6. The second kappa shape index (κ2) is 11.1. The Morgan fingerprint density at radius 3 is 2.50 bits per heavy atom. The molecule has 168 valence electrons. The van der Waals surface area contributed by atoms with Crippen molar-refractivity contribution in [2.45, 2.75) is 39.5 Å². The first kappa shape index (κ1) is 23.1. The predicted molar refractivity (Wildman–Crippen MR) is 122 cm³/mol. The Bertz CT molecular complexity index is 1130. The number of carbonyl (C=O) groups excluding carboxylic acids is 2. The van der Waals surface area contributed by atoms with E-state index < -0.39 is 11.4 Å². The first-order valence-electron chi connectivity index (χ1n) is 10.8. The average Bonchev–Trinajstić information content (AvgIpc) is 2.80. The summed E-state index contributed by atoms with van der Waals surface area (Å²) < 4.78 is 16.2. The minimum atomic E-state index is -0.738. The highest BCUT2D eigenvalue weighted by atomic mass is 16.5. The Kier molecular flexibility index (Phi) is 8.02. The highest BCUT2D eigenvalue weighted by Gasteiger charge is 2.17. The maximum atomic E-state index is 12.7. The summed E-state index contributed by atoms with van der Waals surface area (Å²) in [7, 11) is 0. The number of para-hydroxylation sites is 1. The number of anilines is 1. The van der Waals surface area contributed by atoms with Gasteiger partial charge in [0.1, 0.15) is 5.75 Å². The first-order chi connectivity index (χ1) is 15.5. The van der Waals surface area contributed by atoms with Crippen LogP contribution in [0, 0.1) is 0 Å². The van der Waals surface area contributed by atoms with Gasteiger partial charge in [0, 0.05) is 11.6 Å². The van der Waals surface area contributed by atoms with Crippen molar-refractivity contribution in [2.75, 3.05) is 18.5 Å². The number of hydrogen-bond acceptors (Lipinski definition) is 6. The Hall–Kier alpha value is -3.61. The van der Waals surface area contributed by atoms with Crippen molar-refractivity contribution >= 4 is 28.5 Å². The number of esters is 1. The molecule has 7 nitrogen and oxygen atoms in total. The molecule has 0 saturated heterocycles. The van der Waals surface area contributed by atoms with Crippen molar-refractivity contribution in [1.82, 2.24) is 0 Å². The number of benzene rings is 2. The number of carbonyl (C=O) groups is 2. The monoisotopic (exact) mass is 437 g/mol. The van der Waals surface area contributed by atoms with Gasteiger partial charge in [0.05, 0.1) is 24.3 Å². The molecule has 0 aliphatic carbocycles. The summed E-state index contributed by atoms with van der Waals surface area (Å²) in [6.45, 7) is 4.61. The number of ether oxygens (including phenoxy) is 2. The molecule has 0 spiro atoms. The molecule has 1 N–H and O–H groups in total. The summed E-state index contributed by atoms with van der Waals surface area (Å²) in [6, 6.07) is 12.7. The number of hydrogen-bond donors (Lipinski definition) is 1. The second-order valence-corrected chi connectivity index (χ2v) is 7.27. The topological polar surface area (TPSA) is 94.8 Å². The van der Waals surface area contributed by atoms with E-state index in [1.165, 1.54) is 12.8 Å². The number of fused-ring (bicyclic) bond motifs is 1. The largest absolute Gasteiger partial charge is 0.494 e. The molecule has 1 heterocycles. The van der Waals surface area contributed by atoms with Gasteiger partial charge in [-0.2, -0.15) is 0 Å². The number of nitrogens with one attached hydrogen (secondary N) is 1. The van der Waals surface area contributed by atoms with Gasteiger partial charge >= 0.3 is 5.97 Å². The summed E-state index contributed by atoms with van der Waals surface area (Å²) >= 11 is 0. The zero-order valence-corrected chi connectivity index (χ0v) is 18.3. The number of unbranched alkanes of at least 4 members (excludes halogenated alkanes) is 3. The van der Waals surface area contributed by atoms with Crippen molar-refractivity contribution < 1.29 is 23.5 Å². The van der Waals surface area contributed by atoms with Gasteiger partial charge in [-0.3, -0.25) is 9.59 Å². The Labute approximate surface area is 186 Å². The van der Waals surface area contributed by atoms with E-state index in [2.05, 4.69) is 12.2 Å². The van der Waals surface area contributed by atoms with Gasteiger partial charge < -0.3 is 19.2 Å². The van der Waals surface area contributed by atoms with Crippen LogP contribution in [-0.2, 0) is 4.74 Å². The lowest BCUT2D eigenvalue weighted by Gasteiger charge is -2.10. The third-order valence-electron chi connectivity index (χ3n) is 4.86. The van der Waals surface area contributed by atoms with Crippen LogP contribution < -0.4 is 15.5 Å². The van der Waals surface area contributed by atoms with Crippen LogP contribution in [0.4, 0.5) is 5.69 Å². The van der Waals surface area contributed by atoms with Gasteiger partial charge in [-0.15, -0.1) is 0 Å². The SMILES string of the molecule is CCCCCCOc1ccc(C(=O)Nc2cccc3c(=O)cc(C(=O)OCC)oc23)cc1. The van der Waals surface area contributed by atoms with Crippen LogP contribution in [0.25, 0.3) is 11.0 Å². The normalized spacial score (nSPS) is 10.7. The van der Waals surface area contributed by atoms with Gasteiger partial charge in [0.25, 0.3) is 5.91 Å². The minimum Gasteiger partial charge on any atom is -0.494 e. The van der Waals surface area contributed by atoms with E-state index in [9.17, 15) is 14.4 Å². The minimum absolute atomic E-state index is 0.114. The summed E-state index contributed by atoms with van der Waals surface area (Å²) in [6.07, 6.45) is 4.50. The molecule has 0 aliphatic rings. The molecule has 0 saturated carbocycles. The standard InChI is InChI=1S/C25H27NO6/c1-3-5-6-7-15-31-18-13-11-17(12-14-18)24(28)26-20-10-8-9-19-21(27)16-22(32-23(19)20)25(29)30-4-2/h8-14,16H,3-7,15H2,1-2H3,(H,26,28). The van der Waals surface area contributed by atoms with E-state index in [1.54, 1.807) is 49.4 Å². The van der Waals surface area contributed by atoms with Crippen LogP contribution in [0.3, 0.4) is 0 Å². The summed E-state index contributed by atoms with van der Waals surface area (Å²) in [4.78, 5) is 37.1. The fourth-order valence-corrected chi connectivity index (χ4v) is 3.19. The maximum Gasteiger partial charge on any atom is 0.374 e. The molecule has 0 radical (unpaired) electrons. The average molecular weight is 437 g/mol. The van der Waals surface area contributed by atoms with Crippen LogP contribution in [0.5, 0.6) is 5.75 Å². The Balaban J connectivity index is 1.75. The summed E-state index contributed by atoms with van der Waals surface area (Å²) in [5.74, 6) is -0.631. The van der Waals surface area contributed by atoms with E-state index in [0.29, 0.717) is 17.9 Å². The van der Waals surface area contributed by atoms with Crippen molar-refractivity contribution in [3.05, 3.63) is 70.1 Å². The number of rotatable bonds is 10. The van der Waals surface area contributed by atoms with E-state index in [-0.39, 0.29) is 34.9 Å². The van der Waals surface area contributed by atoms with E-state index in [0.717, 1.165) is 18.9 Å². The molecule has 32 heavy (non-hydrogen) atoms. The van der Waals surface area contributed by atoms with Crippen molar-refractivity contribution in [2.24, 2.45) is 0 Å². The molecule has 1 amide bonds. The third-order valence-corrected chi connectivity index (χ3v) is 4.86. The zero-order chi connectivity index (χ0) is 22.9. The van der Waals surface area contributed by atoms with Crippen molar-refractivity contribution in [3.63, 3.8) is 0 Å². The lowest BCUT2D eigenvalue weighted by atomic mass is 10.1. The molecular weight excluding hydrogens is 410 g/mol. The lowest BCUT2D eigenvalue weighted by molar-refractivity contribution is 0.0490. The molecule has 0 fully saturated rings. The predicted octanol–water partition coefficient (Wildman–Crippen LogP) is 5.18. The molecule has 7 heteroatoms. The van der Waals surface area contributed by atoms with Crippen LogP contribution >= 0.6 is 0 Å². The van der Waals surface area contributed by atoms with Crippen molar-refractivity contribution in [1.29, 1.82) is 0 Å². The summed E-state index contributed by atoms with van der Waals surface area (Å²) in [5.41, 5.74) is 0.422. The number of amides is 1. The van der Waals surface area contributed by atoms with Crippen molar-refractivity contribution in [3.8, 4) is 5.75 Å². The lowest BCUT2D eigenvalue weighted by Crippen LogP contribution is -2.14. The maximum absolute atomic E-state index is 12.7. The van der Waals surface area contributed by atoms with E-state index in [4.69, 9.17) is 13.9 Å². The fourth-order valence-electron chi connectivity index (χ4n) is 3.19. The van der Waals surface area contributed by atoms with Gasteiger partial charge in [-0.1, -0.05) is 32.3 Å². The Morgan fingerprint density at radius 1 is 1.00 bits per heavy atom. The van der Waals surface area contributed by atoms with Gasteiger partial charge in [0.2, 0.25) is 5.76 Å². The van der Waals surface area contributed by atoms with Crippen LogP contribution in [-0.4, -0.2) is 25.1 Å². The Morgan fingerprint density at radius 2 is 1.78 bits per heavy atom. The molecule has 3 aromatic rings. The van der Waals surface area contributed by atoms with Crippen LogP contribution in [0.1, 0.15) is 60.4 Å². The highest BCUT2D eigenvalue weighted by molar-refractivity contribution is 6.08. The molecule has 1 aromatic heterocycles. The van der Waals surface area contributed by atoms with E-state index in [1.807, 2.05) is 0 Å². The molecule has 2 aromatic carbocycles. The van der Waals surface area contributed by atoms with Crippen LogP contribution in [0.15, 0.2) is 57.7 Å². The zero-order valence-electron chi connectivity index (χ0n) is 18.3. The quantitative estimate of drug-likeness (QED) is 0.347. The van der Waals surface area contributed by atoms with Gasteiger partial charge in [-0.25, -0.2) is 4.79 Å². The van der Waals surface area contributed by atoms with Gasteiger partial charge in [0.15, 0.2) is 11.0 Å². The smallest absolute Gasteiger partial charge is 0.374 e. The fraction of sp³-hybridized carbons (Fsp3) is 0.320. The van der Waals surface area contributed by atoms with Crippen LogP contribution in [0.2, 0.25) is 0 Å². The van der Waals surface area contributed by atoms with Gasteiger partial charge in [-0.05, 0) is 49.7 Å². The molecule has 3 rings (SSSR count). The molecule has 0 bridgehead atoms. The third kappa shape index (κ3) is 5.75. The molecule has 0 unspecified atom stereocenters. The van der Waals surface area contributed by atoms with E-state index >= 15 is 0 Å². The first-order valence-corrected chi connectivity index (χ1v) is 10.8. The summed E-state index contributed by atoms with van der Waals surface area (Å²) in [5, 5.41) is 3.00. The second-order valence-electron chi connectivity index (χ2n) is 7.27.